The molecule has 2 unspecified atom stereocenters. The number of benzene rings is 1. The summed E-state index contributed by atoms with van der Waals surface area (Å²) in [5, 5.41) is 0. The molecule has 108 valence electrons. The van der Waals surface area contributed by atoms with Crippen molar-refractivity contribution in [2.75, 3.05) is 20.1 Å². The smallest absolute Gasteiger partial charge is 0.244 e. The molecule has 0 spiro atoms. The summed E-state index contributed by atoms with van der Waals surface area (Å²) in [6.45, 7) is 1.66. The number of carbonyl (C=O) groups excluding carboxylic acids is 1. The summed E-state index contributed by atoms with van der Waals surface area (Å²) >= 11 is 0. The number of nitrogens with zero attached hydrogens (tertiary/aromatic N) is 2. The summed E-state index contributed by atoms with van der Waals surface area (Å²) in [6.07, 6.45) is 3.54. The third-order valence-electron chi connectivity index (χ3n) is 4.88. The van der Waals surface area contributed by atoms with Crippen molar-refractivity contribution in [2.24, 2.45) is 5.73 Å². The molecule has 4 nitrogen and oxygen atoms in total. The number of hydrogen-bond acceptors (Lipinski definition) is 3. The van der Waals surface area contributed by atoms with Crippen LogP contribution in [0, 0.1) is 0 Å². The van der Waals surface area contributed by atoms with Crippen LogP contribution in [0.3, 0.4) is 0 Å². The van der Waals surface area contributed by atoms with Crippen molar-refractivity contribution in [2.45, 2.75) is 37.4 Å². The fourth-order valence-corrected chi connectivity index (χ4v) is 3.51. The van der Waals surface area contributed by atoms with E-state index in [4.69, 9.17) is 5.73 Å². The van der Waals surface area contributed by atoms with Crippen LogP contribution in [0.25, 0.3) is 0 Å². The Hall–Kier alpha value is -1.39. The summed E-state index contributed by atoms with van der Waals surface area (Å²) in [5.41, 5.74) is 7.05. The lowest BCUT2D eigenvalue weighted by Crippen LogP contribution is -2.43. The summed E-state index contributed by atoms with van der Waals surface area (Å²) in [6, 6.07) is 10.3. The molecule has 2 aliphatic heterocycles. The first-order valence-electron chi connectivity index (χ1n) is 7.48. The van der Waals surface area contributed by atoms with Crippen molar-refractivity contribution in [3.05, 3.63) is 35.9 Å². The molecule has 0 aliphatic carbocycles. The highest BCUT2D eigenvalue weighted by atomic mass is 16.2. The molecule has 1 aromatic rings. The molecular weight excluding hydrogens is 250 g/mol. The number of rotatable bonds is 2. The molecule has 2 fully saturated rings. The Morgan fingerprint density at radius 3 is 2.65 bits per heavy atom. The van der Waals surface area contributed by atoms with E-state index in [1.807, 2.05) is 35.2 Å². The number of likely N-dealkylation sites (N-methyl/N-ethyl adjacent to an activating group) is 1. The van der Waals surface area contributed by atoms with Gasteiger partial charge in [-0.05, 0) is 31.9 Å². The van der Waals surface area contributed by atoms with Crippen LogP contribution in [0.15, 0.2) is 30.3 Å². The number of amides is 1. The average molecular weight is 273 g/mol. The lowest BCUT2D eigenvalue weighted by molar-refractivity contribution is -0.133. The van der Waals surface area contributed by atoms with E-state index in [0.717, 1.165) is 25.1 Å². The minimum Gasteiger partial charge on any atom is -0.339 e. The fraction of sp³-hybridized carbons (Fsp3) is 0.562. The van der Waals surface area contributed by atoms with Crippen molar-refractivity contribution in [3.8, 4) is 0 Å². The molecule has 2 heterocycles. The second-order valence-electron chi connectivity index (χ2n) is 6.01. The Balaban J connectivity index is 1.71. The molecule has 0 radical (unpaired) electrons. The zero-order chi connectivity index (χ0) is 14.1. The molecule has 3 atom stereocenters. The minimum atomic E-state index is -0.530. The van der Waals surface area contributed by atoms with Crippen LogP contribution in [-0.2, 0) is 4.79 Å². The number of hydrogen-bond donors (Lipinski definition) is 1. The van der Waals surface area contributed by atoms with Gasteiger partial charge in [0.2, 0.25) is 5.91 Å². The molecule has 2 saturated heterocycles. The van der Waals surface area contributed by atoms with Crippen molar-refractivity contribution in [1.82, 2.24) is 9.80 Å². The van der Waals surface area contributed by atoms with Crippen LogP contribution in [-0.4, -0.2) is 47.9 Å². The van der Waals surface area contributed by atoms with Gasteiger partial charge in [-0.15, -0.1) is 0 Å². The topological polar surface area (TPSA) is 49.6 Å². The van der Waals surface area contributed by atoms with E-state index in [9.17, 15) is 4.79 Å². The van der Waals surface area contributed by atoms with Gasteiger partial charge in [0.05, 0.1) is 0 Å². The highest BCUT2D eigenvalue weighted by molar-refractivity contribution is 5.83. The van der Waals surface area contributed by atoms with Gasteiger partial charge in [0.1, 0.15) is 6.04 Å². The Kier molecular flexibility index (Phi) is 3.76. The van der Waals surface area contributed by atoms with E-state index >= 15 is 0 Å². The van der Waals surface area contributed by atoms with Gasteiger partial charge in [-0.25, -0.2) is 0 Å². The molecule has 4 heteroatoms. The van der Waals surface area contributed by atoms with E-state index in [1.54, 1.807) is 0 Å². The first kappa shape index (κ1) is 13.6. The fourth-order valence-electron chi connectivity index (χ4n) is 3.51. The normalized spacial score (nSPS) is 28.2. The van der Waals surface area contributed by atoms with Crippen LogP contribution < -0.4 is 5.73 Å². The molecule has 2 N–H and O–H groups in total. The van der Waals surface area contributed by atoms with Gasteiger partial charge in [0, 0.05) is 25.2 Å². The van der Waals surface area contributed by atoms with Crippen LogP contribution in [0.1, 0.15) is 30.9 Å². The maximum absolute atomic E-state index is 12.6. The lowest BCUT2D eigenvalue weighted by Gasteiger charge is -2.28. The summed E-state index contributed by atoms with van der Waals surface area (Å²) in [5.74, 6) is 0.0668. The zero-order valence-electron chi connectivity index (χ0n) is 12.0. The Bertz CT molecular complexity index is 476. The molecule has 1 aromatic carbocycles. The zero-order valence-corrected chi connectivity index (χ0v) is 12.0. The van der Waals surface area contributed by atoms with E-state index in [-0.39, 0.29) is 5.91 Å². The molecule has 0 saturated carbocycles. The molecule has 3 rings (SSSR count). The van der Waals surface area contributed by atoms with E-state index in [0.29, 0.717) is 12.1 Å². The van der Waals surface area contributed by atoms with E-state index in [1.165, 1.54) is 12.8 Å². The van der Waals surface area contributed by atoms with Crippen LogP contribution >= 0.6 is 0 Å². The van der Waals surface area contributed by atoms with E-state index in [2.05, 4.69) is 11.9 Å². The number of fused-ring (bicyclic) bond motifs is 2. The van der Waals surface area contributed by atoms with Crippen molar-refractivity contribution in [3.63, 3.8) is 0 Å². The Morgan fingerprint density at radius 2 is 1.90 bits per heavy atom. The van der Waals surface area contributed by atoms with Crippen LogP contribution in [0.2, 0.25) is 0 Å². The highest BCUT2D eigenvalue weighted by Gasteiger charge is 2.37. The van der Waals surface area contributed by atoms with Crippen molar-refractivity contribution in [1.29, 1.82) is 0 Å². The first-order chi connectivity index (χ1) is 9.66. The van der Waals surface area contributed by atoms with Gasteiger partial charge >= 0.3 is 0 Å². The maximum atomic E-state index is 12.6. The van der Waals surface area contributed by atoms with Gasteiger partial charge in [-0.1, -0.05) is 30.3 Å². The predicted octanol–water partition coefficient (Wildman–Crippen LogP) is 1.38. The lowest BCUT2D eigenvalue weighted by atomic mass is 10.0. The molecule has 20 heavy (non-hydrogen) atoms. The van der Waals surface area contributed by atoms with Gasteiger partial charge in [0.15, 0.2) is 0 Å². The van der Waals surface area contributed by atoms with Crippen molar-refractivity contribution < 1.29 is 4.79 Å². The Morgan fingerprint density at radius 1 is 1.20 bits per heavy atom. The molecule has 0 aromatic heterocycles. The molecular formula is C16H23N3O. The number of nitrogens with two attached hydrogens (primary N) is 1. The maximum Gasteiger partial charge on any atom is 0.244 e. The largest absolute Gasteiger partial charge is 0.339 e. The predicted molar refractivity (Wildman–Crippen MR) is 79.1 cm³/mol. The minimum absolute atomic E-state index is 0.0668. The van der Waals surface area contributed by atoms with Crippen LogP contribution in [0.4, 0.5) is 0 Å². The van der Waals surface area contributed by atoms with Gasteiger partial charge < -0.3 is 10.6 Å². The quantitative estimate of drug-likeness (QED) is 0.885. The molecule has 2 aliphatic rings. The second-order valence-corrected chi connectivity index (χ2v) is 6.01. The van der Waals surface area contributed by atoms with Crippen molar-refractivity contribution >= 4 is 5.91 Å². The van der Waals surface area contributed by atoms with E-state index < -0.39 is 6.04 Å². The second kappa shape index (κ2) is 5.54. The van der Waals surface area contributed by atoms with Crippen LogP contribution in [0.5, 0.6) is 0 Å². The third kappa shape index (κ3) is 2.45. The van der Waals surface area contributed by atoms with Gasteiger partial charge in [0.25, 0.3) is 0 Å². The summed E-state index contributed by atoms with van der Waals surface area (Å²) < 4.78 is 0. The number of carbonyl (C=O) groups is 1. The Labute approximate surface area is 120 Å². The molecule has 2 bridgehead atoms. The summed E-state index contributed by atoms with van der Waals surface area (Å²) in [7, 11) is 2.19. The summed E-state index contributed by atoms with van der Waals surface area (Å²) in [4.78, 5) is 17.0. The first-order valence-corrected chi connectivity index (χ1v) is 7.48. The standard InChI is InChI=1S/C16H23N3O/c1-18-13-7-8-14(18)11-19(10-9-13)16(20)15(17)12-5-3-2-4-6-12/h2-6,13-15H,7-11,17H2,1H3/t13?,14?,15-/m1/s1. The molecule has 1 amide bonds. The highest BCUT2D eigenvalue weighted by Crippen LogP contribution is 2.29. The SMILES string of the molecule is CN1C2CCC1CN(C(=O)[C@H](N)c1ccccc1)CC2. The van der Waals surface area contributed by atoms with Gasteiger partial charge in [-0.3, -0.25) is 9.69 Å². The van der Waals surface area contributed by atoms with Gasteiger partial charge in [-0.2, -0.15) is 0 Å². The third-order valence-corrected chi connectivity index (χ3v) is 4.88. The monoisotopic (exact) mass is 273 g/mol. The average Bonchev–Trinajstić information content (AvgIpc) is 2.72. The number of likely N-dealkylation sites (tertiary alicyclic amines) is 1.